The molecule has 2 fully saturated rings. The van der Waals surface area contributed by atoms with Crippen molar-refractivity contribution in [3.63, 3.8) is 0 Å². The minimum absolute atomic E-state index is 0.0584. The van der Waals surface area contributed by atoms with Crippen LogP contribution in [-0.2, 0) is 0 Å². The fraction of sp³-hybridized carbons (Fsp3) is 0.474. The quantitative estimate of drug-likeness (QED) is 0.929. The van der Waals surface area contributed by atoms with Gasteiger partial charge in [-0.25, -0.2) is 9.37 Å². The van der Waals surface area contributed by atoms with Gasteiger partial charge in [-0.2, -0.15) is 0 Å². The third-order valence-electron chi connectivity index (χ3n) is 5.36. The lowest BCUT2D eigenvalue weighted by Gasteiger charge is -2.23. The Morgan fingerprint density at radius 3 is 2.76 bits per heavy atom. The fourth-order valence-corrected chi connectivity index (χ4v) is 4.05. The average Bonchev–Trinajstić information content (AvgIpc) is 3.36. The van der Waals surface area contributed by atoms with Crippen LogP contribution in [0.1, 0.15) is 48.5 Å². The molecule has 2 aliphatic rings. The number of nitrogens with zero attached hydrogens (tertiary/aromatic N) is 3. The molecule has 1 saturated carbocycles. The molecule has 1 N–H and O–H groups in total. The highest BCUT2D eigenvalue weighted by molar-refractivity contribution is 5.94. The van der Waals surface area contributed by atoms with Gasteiger partial charge in [-0.1, -0.05) is 0 Å². The van der Waals surface area contributed by atoms with Gasteiger partial charge in [0, 0.05) is 37.1 Å². The first-order valence-corrected chi connectivity index (χ1v) is 9.05. The van der Waals surface area contributed by atoms with Gasteiger partial charge in [-0.3, -0.25) is 4.79 Å². The van der Waals surface area contributed by atoms with Crippen LogP contribution in [0.4, 0.5) is 10.1 Å². The second kappa shape index (κ2) is 6.86. The average molecular weight is 342 g/mol. The minimum atomic E-state index is -0.313. The lowest BCUT2D eigenvalue weighted by molar-refractivity contribution is 0.0928. The van der Waals surface area contributed by atoms with Crippen molar-refractivity contribution in [2.75, 3.05) is 18.0 Å². The number of anilines is 1. The van der Waals surface area contributed by atoms with Gasteiger partial charge in [-0.05, 0) is 50.3 Å². The minimum Gasteiger partial charge on any atom is -0.369 e. The first-order chi connectivity index (χ1) is 12.2. The van der Waals surface area contributed by atoms with Gasteiger partial charge in [0.15, 0.2) is 0 Å². The number of nitrogens with one attached hydrogen (secondary N) is 1. The second-order valence-electron chi connectivity index (χ2n) is 6.95. The molecular formula is C19H23FN4O. The predicted octanol–water partition coefficient (Wildman–Crippen LogP) is 3.15. The van der Waals surface area contributed by atoms with Crippen molar-refractivity contribution in [3.05, 3.63) is 48.3 Å². The Morgan fingerprint density at radius 2 is 2.04 bits per heavy atom. The molecule has 0 radical (unpaired) electrons. The Hall–Kier alpha value is -2.37. The predicted molar refractivity (Wildman–Crippen MR) is 94.2 cm³/mol. The van der Waals surface area contributed by atoms with Crippen molar-refractivity contribution in [1.82, 2.24) is 14.9 Å². The van der Waals surface area contributed by atoms with Crippen LogP contribution in [0.5, 0.6) is 0 Å². The fourth-order valence-electron chi connectivity index (χ4n) is 4.05. The molecule has 1 aromatic heterocycles. The van der Waals surface area contributed by atoms with Gasteiger partial charge in [0.05, 0.1) is 18.1 Å². The number of hydrogen-bond acceptors (Lipinski definition) is 3. The lowest BCUT2D eigenvalue weighted by Crippen LogP contribution is -2.38. The van der Waals surface area contributed by atoms with E-state index in [2.05, 4.69) is 14.9 Å². The van der Waals surface area contributed by atoms with Crippen molar-refractivity contribution < 1.29 is 9.18 Å². The third kappa shape index (κ3) is 3.25. The molecule has 0 unspecified atom stereocenters. The number of aromatic nitrogens is 2. The Labute approximate surface area is 146 Å². The van der Waals surface area contributed by atoms with Crippen LogP contribution in [0.15, 0.2) is 36.9 Å². The Kier molecular flexibility index (Phi) is 4.42. The summed E-state index contributed by atoms with van der Waals surface area (Å²) in [7, 11) is 0. The number of halogens is 1. The molecule has 2 heterocycles. The van der Waals surface area contributed by atoms with Crippen LogP contribution in [0, 0.1) is 5.82 Å². The monoisotopic (exact) mass is 342 g/mol. The van der Waals surface area contributed by atoms with Crippen molar-refractivity contribution in [1.29, 1.82) is 0 Å². The third-order valence-corrected chi connectivity index (χ3v) is 5.36. The molecule has 4 rings (SSSR count). The van der Waals surface area contributed by atoms with Crippen molar-refractivity contribution in [2.24, 2.45) is 0 Å². The number of benzene rings is 1. The normalized spacial score (nSPS) is 23.2. The molecule has 1 aliphatic carbocycles. The number of imidazole rings is 1. The highest BCUT2D eigenvalue weighted by Gasteiger charge is 2.30. The number of hydrogen-bond donors (Lipinski definition) is 1. The summed E-state index contributed by atoms with van der Waals surface area (Å²) >= 11 is 0. The van der Waals surface area contributed by atoms with Gasteiger partial charge in [0.1, 0.15) is 5.82 Å². The Bertz CT molecular complexity index is 740. The van der Waals surface area contributed by atoms with Gasteiger partial charge in [0.2, 0.25) is 0 Å². The van der Waals surface area contributed by atoms with Crippen molar-refractivity contribution in [2.45, 2.75) is 44.2 Å². The van der Waals surface area contributed by atoms with Gasteiger partial charge in [-0.15, -0.1) is 0 Å². The lowest BCUT2D eigenvalue weighted by atomic mass is 10.1. The first-order valence-electron chi connectivity index (χ1n) is 9.05. The van der Waals surface area contributed by atoms with E-state index in [0.29, 0.717) is 11.3 Å². The van der Waals surface area contributed by atoms with Crippen LogP contribution >= 0.6 is 0 Å². The molecule has 1 saturated heterocycles. The standard InChI is InChI=1S/C19H23FN4O/c20-15-12-14(6-7-17(15)23-9-1-2-10-23)19(25)22-16-4-3-5-18(16)24-11-8-21-13-24/h6-8,11-13,16,18H,1-5,9-10H2,(H,22,25)/t16-,18+/m1/s1. The van der Waals surface area contributed by atoms with E-state index in [1.165, 1.54) is 6.07 Å². The molecule has 0 bridgehead atoms. The highest BCUT2D eigenvalue weighted by Crippen LogP contribution is 2.30. The van der Waals surface area contributed by atoms with Crippen molar-refractivity contribution in [3.8, 4) is 0 Å². The maximum absolute atomic E-state index is 14.4. The van der Waals surface area contributed by atoms with Crippen LogP contribution in [-0.4, -0.2) is 34.6 Å². The zero-order valence-electron chi connectivity index (χ0n) is 14.2. The smallest absolute Gasteiger partial charge is 0.251 e. The second-order valence-corrected chi connectivity index (χ2v) is 6.95. The van der Waals surface area contributed by atoms with E-state index in [1.807, 2.05) is 11.1 Å². The first kappa shape index (κ1) is 16.1. The summed E-state index contributed by atoms with van der Waals surface area (Å²) in [6, 6.07) is 5.11. The summed E-state index contributed by atoms with van der Waals surface area (Å²) in [6.45, 7) is 1.77. The SMILES string of the molecule is O=C(N[C@@H]1CCC[C@@H]1n1ccnc1)c1ccc(N2CCCC2)c(F)c1. The van der Waals surface area contributed by atoms with E-state index in [0.717, 1.165) is 45.2 Å². The molecule has 132 valence electrons. The van der Waals surface area contributed by atoms with Gasteiger partial charge < -0.3 is 14.8 Å². The van der Waals surface area contributed by atoms with E-state index >= 15 is 0 Å². The van der Waals surface area contributed by atoms with Crippen LogP contribution < -0.4 is 10.2 Å². The number of rotatable bonds is 4. The van der Waals surface area contributed by atoms with Gasteiger partial charge >= 0.3 is 0 Å². The van der Waals surface area contributed by atoms with E-state index < -0.39 is 0 Å². The molecule has 5 nitrogen and oxygen atoms in total. The zero-order chi connectivity index (χ0) is 17.2. The maximum atomic E-state index is 14.4. The van der Waals surface area contributed by atoms with E-state index in [-0.39, 0.29) is 23.8 Å². The molecule has 1 aliphatic heterocycles. The Balaban J connectivity index is 1.46. The van der Waals surface area contributed by atoms with E-state index in [4.69, 9.17) is 0 Å². The summed E-state index contributed by atoms with van der Waals surface area (Å²) in [4.78, 5) is 18.7. The molecule has 1 amide bonds. The largest absolute Gasteiger partial charge is 0.369 e. The van der Waals surface area contributed by atoms with Gasteiger partial charge in [0.25, 0.3) is 5.91 Å². The van der Waals surface area contributed by atoms with E-state index in [9.17, 15) is 9.18 Å². The highest BCUT2D eigenvalue weighted by atomic mass is 19.1. The number of amides is 1. The van der Waals surface area contributed by atoms with Crippen LogP contribution in [0.2, 0.25) is 0 Å². The summed E-state index contributed by atoms with van der Waals surface area (Å²) in [6.07, 6.45) is 10.7. The summed E-state index contributed by atoms with van der Waals surface area (Å²) in [5.41, 5.74) is 0.989. The Morgan fingerprint density at radius 1 is 1.20 bits per heavy atom. The molecular weight excluding hydrogens is 319 g/mol. The van der Waals surface area contributed by atoms with Crippen LogP contribution in [0.3, 0.4) is 0 Å². The number of carbonyl (C=O) groups excluding carboxylic acids is 1. The molecule has 6 heteroatoms. The maximum Gasteiger partial charge on any atom is 0.251 e. The summed E-state index contributed by atoms with van der Waals surface area (Å²) < 4.78 is 16.5. The topological polar surface area (TPSA) is 50.2 Å². The molecule has 0 spiro atoms. The molecule has 25 heavy (non-hydrogen) atoms. The van der Waals surface area contributed by atoms with Crippen LogP contribution in [0.25, 0.3) is 0 Å². The zero-order valence-corrected chi connectivity index (χ0v) is 14.2. The number of carbonyl (C=O) groups is 1. The molecule has 2 aromatic rings. The summed E-state index contributed by atoms with van der Waals surface area (Å²) in [5.74, 6) is -0.518. The summed E-state index contributed by atoms with van der Waals surface area (Å²) in [5, 5.41) is 3.08. The van der Waals surface area contributed by atoms with Crippen molar-refractivity contribution >= 4 is 11.6 Å². The molecule has 2 atom stereocenters. The van der Waals surface area contributed by atoms with E-state index in [1.54, 1.807) is 24.7 Å². The molecule has 1 aromatic carbocycles.